The molecule has 1 atom stereocenters. The van der Waals surface area contributed by atoms with Gasteiger partial charge in [0, 0.05) is 12.6 Å². The number of hydrogen-bond donors (Lipinski definition) is 2. The molecule has 1 aliphatic rings. The van der Waals surface area contributed by atoms with Gasteiger partial charge in [-0.1, -0.05) is 0 Å². The van der Waals surface area contributed by atoms with Gasteiger partial charge in [0.15, 0.2) is 0 Å². The Hall–Kier alpha value is -0.890. The lowest BCUT2D eigenvalue weighted by Gasteiger charge is -2.22. The summed E-state index contributed by atoms with van der Waals surface area (Å²) in [7, 11) is -3.74. The minimum atomic E-state index is -3.74. The predicted octanol–water partition coefficient (Wildman–Crippen LogP) is 0.196. The Labute approximate surface area is 100 Å². The molecule has 0 saturated carbocycles. The second-order valence-corrected chi connectivity index (χ2v) is 5.55. The molecular weight excluding hydrogens is 244 g/mol. The van der Waals surface area contributed by atoms with Crippen LogP contribution in [0.15, 0.2) is 21.6 Å². The van der Waals surface area contributed by atoms with E-state index >= 15 is 0 Å². The van der Waals surface area contributed by atoms with E-state index < -0.39 is 10.0 Å². The number of nitrogens with two attached hydrogens (primary N) is 1. The van der Waals surface area contributed by atoms with Gasteiger partial charge in [0.05, 0.1) is 13.2 Å². The van der Waals surface area contributed by atoms with Crippen molar-refractivity contribution in [3.8, 4) is 0 Å². The fourth-order valence-corrected chi connectivity index (χ4v) is 2.23. The van der Waals surface area contributed by atoms with Crippen LogP contribution < -0.4 is 10.5 Å². The van der Waals surface area contributed by atoms with Gasteiger partial charge >= 0.3 is 0 Å². The molecule has 7 heteroatoms. The number of nitrogens with one attached hydrogen (secondary N) is 1. The largest absolute Gasteiger partial charge is 0.447 e. The molecule has 1 fully saturated rings. The molecule has 6 nitrogen and oxygen atoms in total. The van der Waals surface area contributed by atoms with Gasteiger partial charge in [0.1, 0.15) is 5.76 Å². The van der Waals surface area contributed by atoms with E-state index in [1.165, 1.54) is 6.07 Å². The Morgan fingerprint density at radius 1 is 1.47 bits per heavy atom. The summed E-state index contributed by atoms with van der Waals surface area (Å²) in [6, 6.07) is 3.27. The Morgan fingerprint density at radius 2 is 2.29 bits per heavy atom. The summed E-state index contributed by atoms with van der Waals surface area (Å²) in [5, 5.41) is 8.00. The van der Waals surface area contributed by atoms with E-state index in [0.717, 1.165) is 19.4 Å². The van der Waals surface area contributed by atoms with Gasteiger partial charge in [-0.05, 0) is 25.0 Å². The third-order valence-electron chi connectivity index (χ3n) is 2.64. The number of hydrogen-bond acceptors (Lipinski definition) is 5. The first-order valence-corrected chi connectivity index (χ1v) is 7.03. The van der Waals surface area contributed by atoms with Crippen molar-refractivity contribution in [2.75, 3.05) is 13.2 Å². The first kappa shape index (κ1) is 12.6. The van der Waals surface area contributed by atoms with Crippen molar-refractivity contribution in [2.24, 2.45) is 5.14 Å². The van der Waals surface area contributed by atoms with E-state index in [0.29, 0.717) is 25.0 Å². The van der Waals surface area contributed by atoms with Crippen LogP contribution in [0.25, 0.3) is 0 Å². The van der Waals surface area contributed by atoms with Crippen LogP contribution in [0.2, 0.25) is 0 Å². The molecule has 1 aromatic rings. The average Bonchev–Trinajstić information content (AvgIpc) is 2.76. The number of rotatable bonds is 4. The quantitative estimate of drug-likeness (QED) is 0.806. The molecule has 0 aliphatic carbocycles. The summed E-state index contributed by atoms with van der Waals surface area (Å²) in [6.07, 6.45) is 2.10. The van der Waals surface area contributed by atoms with Gasteiger partial charge in [-0.25, -0.2) is 13.6 Å². The summed E-state index contributed by atoms with van der Waals surface area (Å²) in [4.78, 5) is 0. The van der Waals surface area contributed by atoms with E-state index in [-0.39, 0.29) is 5.09 Å². The zero-order chi connectivity index (χ0) is 12.3. The molecule has 1 aromatic heterocycles. The predicted molar refractivity (Wildman–Crippen MR) is 60.8 cm³/mol. The van der Waals surface area contributed by atoms with Crippen LogP contribution in [0.3, 0.4) is 0 Å². The van der Waals surface area contributed by atoms with Crippen LogP contribution in [0, 0.1) is 0 Å². The van der Waals surface area contributed by atoms with Crippen LogP contribution in [0.5, 0.6) is 0 Å². The fraction of sp³-hybridized carbons (Fsp3) is 0.600. The average molecular weight is 260 g/mol. The van der Waals surface area contributed by atoms with E-state index in [2.05, 4.69) is 5.32 Å². The van der Waals surface area contributed by atoms with Crippen molar-refractivity contribution in [1.29, 1.82) is 0 Å². The monoisotopic (exact) mass is 260 g/mol. The van der Waals surface area contributed by atoms with E-state index in [9.17, 15) is 8.42 Å². The van der Waals surface area contributed by atoms with E-state index in [1.807, 2.05) is 0 Å². The molecule has 0 bridgehead atoms. The van der Waals surface area contributed by atoms with Gasteiger partial charge < -0.3 is 14.5 Å². The second kappa shape index (κ2) is 5.18. The summed E-state index contributed by atoms with van der Waals surface area (Å²) in [5.74, 6) is 0.555. The fourth-order valence-electron chi connectivity index (χ4n) is 1.75. The lowest BCUT2D eigenvalue weighted by molar-refractivity contribution is 0.0692. The third-order valence-corrected chi connectivity index (χ3v) is 3.42. The Balaban J connectivity index is 1.89. The zero-order valence-electron chi connectivity index (χ0n) is 9.39. The molecule has 1 unspecified atom stereocenters. The van der Waals surface area contributed by atoms with Crippen molar-refractivity contribution < 1.29 is 17.6 Å². The van der Waals surface area contributed by atoms with Gasteiger partial charge in [-0.15, -0.1) is 0 Å². The SMILES string of the molecule is NS(=O)(=O)c1ccc(CNC2CCCOC2)o1. The summed E-state index contributed by atoms with van der Waals surface area (Å²) in [6.45, 7) is 1.97. The van der Waals surface area contributed by atoms with Crippen molar-refractivity contribution in [3.05, 3.63) is 17.9 Å². The molecule has 0 spiro atoms. The maximum absolute atomic E-state index is 11.0. The molecule has 3 N–H and O–H groups in total. The Morgan fingerprint density at radius 3 is 2.88 bits per heavy atom. The second-order valence-electron chi connectivity index (χ2n) is 4.06. The first-order valence-electron chi connectivity index (χ1n) is 5.48. The van der Waals surface area contributed by atoms with Gasteiger partial charge in [-0.2, -0.15) is 0 Å². The molecule has 0 amide bonds. The molecule has 2 heterocycles. The maximum Gasteiger partial charge on any atom is 0.271 e. The van der Waals surface area contributed by atoms with Crippen LogP contribution in [0.1, 0.15) is 18.6 Å². The summed E-state index contributed by atoms with van der Waals surface area (Å²) in [5.41, 5.74) is 0. The lowest BCUT2D eigenvalue weighted by atomic mass is 10.1. The van der Waals surface area contributed by atoms with Crippen molar-refractivity contribution in [3.63, 3.8) is 0 Å². The zero-order valence-corrected chi connectivity index (χ0v) is 10.2. The molecule has 2 rings (SSSR count). The van der Waals surface area contributed by atoms with Crippen LogP contribution >= 0.6 is 0 Å². The maximum atomic E-state index is 11.0. The van der Waals surface area contributed by atoms with E-state index in [1.54, 1.807) is 6.07 Å². The highest BCUT2D eigenvalue weighted by atomic mass is 32.2. The van der Waals surface area contributed by atoms with Crippen molar-refractivity contribution >= 4 is 10.0 Å². The highest BCUT2D eigenvalue weighted by Gasteiger charge is 2.16. The lowest BCUT2D eigenvalue weighted by Crippen LogP contribution is -2.36. The van der Waals surface area contributed by atoms with Crippen LogP contribution in [-0.4, -0.2) is 27.7 Å². The minimum absolute atomic E-state index is 0.200. The molecule has 0 radical (unpaired) electrons. The molecule has 0 aromatic carbocycles. The Bertz CT molecular complexity index is 462. The normalized spacial score (nSPS) is 21.6. The minimum Gasteiger partial charge on any atom is -0.447 e. The van der Waals surface area contributed by atoms with E-state index in [4.69, 9.17) is 14.3 Å². The van der Waals surface area contributed by atoms with Gasteiger partial charge in [0.2, 0.25) is 5.09 Å². The number of ether oxygens (including phenoxy) is 1. The van der Waals surface area contributed by atoms with Gasteiger partial charge in [0.25, 0.3) is 10.0 Å². The van der Waals surface area contributed by atoms with Crippen molar-refractivity contribution in [2.45, 2.75) is 30.5 Å². The van der Waals surface area contributed by atoms with Gasteiger partial charge in [-0.3, -0.25) is 0 Å². The first-order chi connectivity index (χ1) is 8.05. The highest BCUT2D eigenvalue weighted by Crippen LogP contribution is 2.13. The van der Waals surface area contributed by atoms with Crippen molar-refractivity contribution in [1.82, 2.24) is 5.32 Å². The van der Waals surface area contributed by atoms with Crippen LogP contribution in [0.4, 0.5) is 0 Å². The van der Waals surface area contributed by atoms with Crippen LogP contribution in [-0.2, 0) is 21.3 Å². The number of primary sulfonamides is 1. The molecule has 96 valence electrons. The number of furan rings is 1. The summed E-state index contributed by atoms with van der Waals surface area (Å²) >= 11 is 0. The molecule has 1 saturated heterocycles. The molecular formula is C10H16N2O4S. The molecule has 17 heavy (non-hydrogen) atoms. The third kappa shape index (κ3) is 3.53. The highest BCUT2D eigenvalue weighted by molar-refractivity contribution is 7.89. The smallest absolute Gasteiger partial charge is 0.271 e. The standard InChI is InChI=1S/C10H16N2O4S/c11-17(13,14)10-4-3-9(16-10)6-12-8-2-1-5-15-7-8/h3-4,8,12H,1-2,5-7H2,(H2,11,13,14). The Kier molecular flexibility index (Phi) is 3.82. The summed E-state index contributed by atoms with van der Waals surface area (Å²) < 4.78 is 32.4. The molecule has 1 aliphatic heterocycles. The topological polar surface area (TPSA) is 94.6 Å². The number of sulfonamides is 1.